The summed E-state index contributed by atoms with van der Waals surface area (Å²) in [6.45, 7) is 1.69. The summed E-state index contributed by atoms with van der Waals surface area (Å²) in [4.78, 5) is 13.6. The molecule has 0 atom stereocenters. The average Bonchev–Trinajstić information content (AvgIpc) is 2.80. The van der Waals surface area contributed by atoms with Crippen LogP contribution >= 0.6 is 0 Å². The van der Waals surface area contributed by atoms with Crippen molar-refractivity contribution < 1.29 is 13.2 Å². The number of sulfonamides is 1. The van der Waals surface area contributed by atoms with Gasteiger partial charge in [0.05, 0.1) is 0 Å². The van der Waals surface area contributed by atoms with E-state index in [1.165, 1.54) is 0 Å². The first-order valence-electron chi connectivity index (χ1n) is 7.58. The molecule has 8 heteroatoms. The quantitative estimate of drug-likeness (QED) is 0.696. The Labute approximate surface area is 136 Å². The molecule has 0 aliphatic carbocycles. The molecule has 23 heavy (non-hydrogen) atoms. The van der Waals surface area contributed by atoms with Gasteiger partial charge in [0.1, 0.15) is 10.7 Å². The Morgan fingerprint density at radius 2 is 2.04 bits per heavy atom. The van der Waals surface area contributed by atoms with Crippen LogP contribution in [0.2, 0.25) is 0 Å². The lowest BCUT2D eigenvalue weighted by molar-refractivity contribution is -0.121. The van der Waals surface area contributed by atoms with Crippen molar-refractivity contribution in [1.82, 2.24) is 10.2 Å². The molecule has 126 valence electrons. The van der Waals surface area contributed by atoms with Gasteiger partial charge in [-0.2, -0.15) is 8.42 Å². The Kier molecular flexibility index (Phi) is 5.73. The maximum Gasteiger partial charge on any atom is 0.285 e. The number of nitrogens with two attached hydrogens (primary N) is 1. The van der Waals surface area contributed by atoms with Crippen LogP contribution in [-0.2, 0) is 14.8 Å². The van der Waals surface area contributed by atoms with E-state index in [2.05, 4.69) is 9.71 Å². The van der Waals surface area contributed by atoms with Gasteiger partial charge in [-0.3, -0.25) is 4.79 Å². The van der Waals surface area contributed by atoms with Gasteiger partial charge in [-0.05, 0) is 31.5 Å². The summed E-state index contributed by atoms with van der Waals surface area (Å²) in [5, 5.41) is 2.79. The zero-order valence-corrected chi connectivity index (χ0v) is 14.0. The summed E-state index contributed by atoms with van der Waals surface area (Å²) in [6, 6.07) is 6.77. The van der Waals surface area contributed by atoms with Gasteiger partial charge in [0.15, 0.2) is 0 Å². The molecule has 0 bridgehead atoms. The molecule has 1 aliphatic rings. The molecule has 0 spiro atoms. The monoisotopic (exact) mass is 338 g/mol. The number of rotatable bonds is 7. The van der Waals surface area contributed by atoms with Crippen molar-refractivity contribution in [2.75, 3.05) is 26.7 Å². The van der Waals surface area contributed by atoms with E-state index in [9.17, 15) is 13.2 Å². The molecule has 0 saturated heterocycles. The lowest BCUT2D eigenvalue weighted by Crippen LogP contribution is -2.30. The first-order valence-corrected chi connectivity index (χ1v) is 9.02. The van der Waals surface area contributed by atoms with Crippen LogP contribution in [0.25, 0.3) is 0 Å². The van der Waals surface area contributed by atoms with E-state index in [0.717, 1.165) is 6.42 Å². The Morgan fingerprint density at radius 1 is 1.30 bits per heavy atom. The van der Waals surface area contributed by atoms with E-state index in [1.54, 1.807) is 36.2 Å². The highest BCUT2D eigenvalue weighted by Crippen LogP contribution is 2.26. The van der Waals surface area contributed by atoms with Gasteiger partial charge >= 0.3 is 0 Å². The molecule has 0 saturated carbocycles. The Balaban J connectivity index is 1.90. The van der Waals surface area contributed by atoms with Gasteiger partial charge in [0, 0.05) is 32.1 Å². The highest BCUT2D eigenvalue weighted by molar-refractivity contribution is 7.90. The van der Waals surface area contributed by atoms with Crippen LogP contribution in [0.4, 0.5) is 0 Å². The number of amides is 1. The van der Waals surface area contributed by atoms with Crippen LogP contribution in [0.3, 0.4) is 0 Å². The number of amidine groups is 1. The molecule has 3 N–H and O–H groups in total. The van der Waals surface area contributed by atoms with Gasteiger partial charge in [0.25, 0.3) is 10.0 Å². The zero-order chi connectivity index (χ0) is 16.9. The standard InChI is InChI=1S/C15H22N4O3S/c1-19(11-4-8-14(20)17-10-5-9-16)15-12-6-2-3-7-13(12)23(21,22)18-15/h2-3,6-7H,4-5,8-11,16H2,1H3,(H,17,20). The number of nitrogens with zero attached hydrogens (tertiary/aromatic N) is 2. The maximum atomic E-state index is 12.0. The molecular formula is C15H22N4O3S. The van der Waals surface area contributed by atoms with E-state index in [1.807, 2.05) is 0 Å². The minimum atomic E-state index is -3.60. The molecule has 1 aromatic carbocycles. The maximum absolute atomic E-state index is 12.0. The second-order valence-electron chi connectivity index (χ2n) is 5.40. The third-order valence-corrected chi connectivity index (χ3v) is 4.90. The average molecular weight is 338 g/mol. The predicted molar refractivity (Wildman–Crippen MR) is 88.7 cm³/mol. The van der Waals surface area contributed by atoms with E-state index in [4.69, 9.17) is 5.73 Å². The van der Waals surface area contributed by atoms with Crippen molar-refractivity contribution >= 4 is 21.8 Å². The summed E-state index contributed by atoms with van der Waals surface area (Å²) in [6.07, 6.45) is 1.76. The Morgan fingerprint density at radius 3 is 2.78 bits per heavy atom. The van der Waals surface area contributed by atoms with Crippen LogP contribution in [-0.4, -0.2) is 51.7 Å². The smallest absolute Gasteiger partial charge is 0.285 e. The molecule has 0 fully saturated rings. The van der Waals surface area contributed by atoms with Gasteiger partial charge in [-0.1, -0.05) is 12.1 Å². The van der Waals surface area contributed by atoms with Crippen molar-refractivity contribution in [3.63, 3.8) is 0 Å². The lowest BCUT2D eigenvalue weighted by atomic mass is 10.2. The minimum Gasteiger partial charge on any atom is -0.358 e. The van der Waals surface area contributed by atoms with Crippen LogP contribution in [0.5, 0.6) is 0 Å². The summed E-state index contributed by atoms with van der Waals surface area (Å²) >= 11 is 0. The number of fused-ring (bicyclic) bond motifs is 1. The number of hydrogen-bond acceptors (Lipinski definition) is 5. The molecule has 0 radical (unpaired) electrons. The number of carbonyl (C=O) groups excluding carboxylic acids is 1. The van der Waals surface area contributed by atoms with Crippen molar-refractivity contribution in [3.8, 4) is 0 Å². The van der Waals surface area contributed by atoms with E-state index >= 15 is 0 Å². The number of benzene rings is 1. The third kappa shape index (κ3) is 4.29. The normalized spacial score (nSPS) is 15.0. The second kappa shape index (κ2) is 7.56. The molecule has 1 aromatic rings. The van der Waals surface area contributed by atoms with Crippen molar-refractivity contribution in [3.05, 3.63) is 29.8 Å². The predicted octanol–water partition coefficient (Wildman–Crippen LogP) is 0.313. The number of nitrogens with one attached hydrogen (secondary N) is 1. The fourth-order valence-corrected chi connectivity index (χ4v) is 3.62. The molecule has 0 unspecified atom stereocenters. The molecule has 7 nitrogen and oxygen atoms in total. The summed E-state index contributed by atoms with van der Waals surface area (Å²) in [5.74, 6) is 0.414. The van der Waals surface area contributed by atoms with Crippen LogP contribution in [0.15, 0.2) is 33.6 Å². The van der Waals surface area contributed by atoms with Gasteiger partial charge in [-0.15, -0.1) is 4.40 Å². The first kappa shape index (κ1) is 17.4. The summed E-state index contributed by atoms with van der Waals surface area (Å²) in [5.41, 5.74) is 5.98. The number of hydrogen-bond donors (Lipinski definition) is 2. The summed E-state index contributed by atoms with van der Waals surface area (Å²) < 4.78 is 27.9. The molecule has 1 aliphatic heterocycles. The SMILES string of the molecule is CN(CCCC(=O)NCCCN)C1=NS(=O)(=O)c2ccccc21. The van der Waals surface area contributed by atoms with Gasteiger partial charge < -0.3 is 16.0 Å². The van der Waals surface area contributed by atoms with Crippen LogP contribution in [0, 0.1) is 0 Å². The second-order valence-corrected chi connectivity index (χ2v) is 6.98. The zero-order valence-electron chi connectivity index (χ0n) is 13.2. The van der Waals surface area contributed by atoms with Crippen LogP contribution in [0.1, 0.15) is 24.8 Å². The fourth-order valence-electron chi connectivity index (χ4n) is 2.36. The lowest BCUT2D eigenvalue weighted by Gasteiger charge is -2.18. The topological polar surface area (TPSA) is 105 Å². The van der Waals surface area contributed by atoms with Crippen molar-refractivity contribution in [2.45, 2.75) is 24.2 Å². The molecule has 1 amide bonds. The third-order valence-electron chi connectivity index (χ3n) is 3.57. The first-order chi connectivity index (χ1) is 11.0. The Bertz CT molecular complexity index is 700. The van der Waals surface area contributed by atoms with E-state index in [-0.39, 0.29) is 10.8 Å². The van der Waals surface area contributed by atoms with Crippen molar-refractivity contribution in [1.29, 1.82) is 0 Å². The number of carbonyl (C=O) groups is 1. The summed E-state index contributed by atoms with van der Waals surface area (Å²) in [7, 11) is -1.82. The Hall–Kier alpha value is -1.93. The highest BCUT2D eigenvalue weighted by Gasteiger charge is 2.30. The van der Waals surface area contributed by atoms with Gasteiger partial charge in [-0.25, -0.2) is 0 Å². The molecule has 1 heterocycles. The fraction of sp³-hybridized carbons (Fsp3) is 0.467. The highest BCUT2D eigenvalue weighted by atomic mass is 32.2. The van der Waals surface area contributed by atoms with E-state index in [0.29, 0.717) is 43.9 Å². The van der Waals surface area contributed by atoms with Gasteiger partial charge in [0.2, 0.25) is 5.91 Å². The van der Waals surface area contributed by atoms with Crippen LogP contribution < -0.4 is 11.1 Å². The molecule has 0 aromatic heterocycles. The molecule has 2 rings (SSSR count). The largest absolute Gasteiger partial charge is 0.358 e. The minimum absolute atomic E-state index is 0.0202. The van der Waals surface area contributed by atoms with Crippen molar-refractivity contribution in [2.24, 2.45) is 10.1 Å². The molecular weight excluding hydrogens is 316 g/mol. The van der Waals surface area contributed by atoms with E-state index < -0.39 is 10.0 Å².